The second-order valence-electron chi connectivity index (χ2n) is 5.14. The molecule has 2 rings (SSSR count). The topological polar surface area (TPSA) is 129 Å². The Morgan fingerprint density at radius 2 is 2.08 bits per heavy atom. The van der Waals surface area contributed by atoms with Crippen molar-refractivity contribution in [3.05, 3.63) is 22.2 Å². The fraction of sp³-hybridized carbons (Fsp3) is 0.333. The monoisotopic (exact) mass is 412 g/mol. The molecule has 0 bridgehead atoms. The van der Waals surface area contributed by atoms with E-state index < -0.39 is 24.4 Å². The lowest BCUT2D eigenvalue weighted by Crippen LogP contribution is -2.38. The van der Waals surface area contributed by atoms with E-state index in [1.807, 2.05) is 0 Å². The number of carboxylic acids is 1. The zero-order valence-electron chi connectivity index (χ0n) is 13.2. The van der Waals surface area contributed by atoms with Gasteiger partial charge in [-0.2, -0.15) is 5.10 Å². The quantitative estimate of drug-likeness (QED) is 0.346. The molecule has 0 radical (unpaired) electrons. The number of aliphatic carboxylic acids is 1. The summed E-state index contributed by atoms with van der Waals surface area (Å²) in [5.74, 6) is -2.51. The number of carboxylic acid groups (broad SMARTS) is 1. The zero-order chi connectivity index (χ0) is 18.4. The Morgan fingerprint density at radius 1 is 1.36 bits per heavy atom. The molecule has 1 aromatic carbocycles. The number of ether oxygens (including phenoxy) is 2. The maximum absolute atomic E-state index is 11.5. The van der Waals surface area contributed by atoms with Crippen molar-refractivity contribution >= 4 is 39.9 Å². The molecule has 2 N–H and O–H groups in total. The molecule has 0 atom stereocenters. The van der Waals surface area contributed by atoms with Crippen molar-refractivity contribution in [3.63, 3.8) is 0 Å². The predicted octanol–water partition coefficient (Wildman–Crippen LogP) is -0.685. The Kier molecular flexibility index (Phi) is 6.34. The molecule has 0 aliphatic heterocycles. The summed E-state index contributed by atoms with van der Waals surface area (Å²) in [6, 6.07) is 3.18. The predicted molar refractivity (Wildman–Crippen MR) is 88.1 cm³/mol. The van der Waals surface area contributed by atoms with Crippen molar-refractivity contribution < 1.29 is 29.0 Å². The normalized spacial score (nSPS) is 13.4. The molecule has 1 saturated carbocycles. The highest BCUT2D eigenvalue weighted by molar-refractivity contribution is 9.10. The molecule has 134 valence electrons. The van der Waals surface area contributed by atoms with Gasteiger partial charge in [-0.1, -0.05) is 0 Å². The molecule has 2 amide bonds. The number of benzene rings is 1. The molecule has 1 fully saturated rings. The maximum Gasteiger partial charge on any atom is 0.329 e. The van der Waals surface area contributed by atoms with Gasteiger partial charge in [0.1, 0.15) is 6.61 Å². The number of methoxy groups -OCH3 is 1. The average molecular weight is 413 g/mol. The number of nitrogens with one attached hydrogen (secondary N) is 2. The first-order valence-corrected chi connectivity index (χ1v) is 8.04. The summed E-state index contributed by atoms with van der Waals surface area (Å²) >= 11 is 3.24. The van der Waals surface area contributed by atoms with Gasteiger partial charge >= 0.3 is 11.8 Å². The van der Waals surface area contributed by atoms with Crippen LogP contribution < -0.4 is 25.3 Å². The molecule has 0 unspecified atom stereocenters. The number of hydrogen-bond donors (Lipinski definition) is 2. The largest absolute Gasteiger partial charge is 0.546 e. The number of nitrogens with zero attached hydrogens (tertiary/aromatic N) is 1. The maximum atomic E-state index is 11.5. The van der Waals surface area contributed by atoms with Crippen molar-refractivity contribution in [1.29, 1.82) is 0 Å². The van der Waals surface area contributed by atoms with Gasteiger partial charge in [-0.25, -0.2) is 5.43 Å². The molecule has 0 spiro atoms. The van der Waals surface area contributed by atoms with Gasteiger partial charge in [0.15, 0.2) is 11.5 Å². The number of hydrazone groups is 1. The summed E-state index contributed by atoms with van der Waals surface area (Å²) in [6.45, 7) is -0.630. The molecule has 10 heteroatoms. The van der Waals surface area contributed by atoms with Crippen LogP contribution in [0.5, 0.6) is 11.5 Å². The van der Waals surface area contributed by atoms with E-state index in [0.29, 0.717) is 10.0 Å². The standard InChI is InChI=1S/C15H16BrN3O6/c1-24-11-5-8(4-10(16)13(11)25-7-12(20)21)6-17-19-15(23)14(22)18-9-2-3-9/h4-6,9H,2-3,7H2,1H3,(H,18,22)(H,19,23)(H,20,21)/p-1/b17-6-. The SMILES string of the molecule is COc1cc(/C=N\NC(=O)C(=O)NC2CC2)cc(Br)c1OCC(=O)[O-]. The molecule has 0 aromatic heterocycles. The third-order valence-corrected chi connectivity index (χ3v) is 3.67. The Bertz CT molecular complexity index is 717. The fourth-order valence-corrected chi connectivity index (χ4v) is 2.35. The highest BCUT2D eigenvalue weighted by atomic mass is 79.9. The smallest absolute Gasteiger partial charge is 0.329 e. The van der Waals surface area contributed by atoms with Gasteiger partial charge in [0, 0.05) is 6.04 Å². The van der Waals surface area contributed by atoms with Crippen LogP contribution in [0.15, 0.2) is 21.7 Å². The third-order valence-electron chi connectivity index (χ3n) is 3.08. The third kappa shape index (κ3) is 5.75. The van der Waals surface area contributed by atoms with E-state index in [9.17, 15) is 19.5 Å². The van der Waals surface area contributed by atoms with Crippen LogP contribution in [0.2, 0.25) is 0 Å². The molecular formula is C15H15BrN3O6-. The lowest BCUT2D eigenvalue weighted by molar-refractivity contribution is -0.307. The molecule has 0 heterocycles. The molecule has 1 aliphatic carbocycles. The Labute approximate surface area is 151 Å². The van der Waals surface area contributed by atoms with Crippen molar-refractivity contribution in [2.24, 2.45) is 5.10 Å². The second kappa shape index (κ2) is 8.47. The Morgan fingerprint density at radius 3 is 2.68 bits per heavy atom. The number of carbonyl (C=O) groups excluding carboxylic acids is 3. The van der Waals surface area contributed by atoms with Gasteiger partial charge in [0.2, 0.25) is 0 Å². The lowest BCUT2D eigenvalue weighted by Gasteiger charge is -2.13. The summed E-state index contributed by atoms with van der Waals surface area (Å²) in [6.07, 6.45) is 3.06. The molecule has 1 aromatic rings. The number of hydrogen-bond acceptors (Lipinski definition) is 7. The van der Waals surface area contributed by atoms with Crippen LogP contribution in [0, 0.1) is 0 Å². The van der Waals surface area contributed by atoms with Gasteiger partial charge in [0.25, 0.3) is 0 Å². The van der Waals surface area contributed by atoms with Crippen LogP contribution in [0.4, 0.5) is 0 Å². The van der Waals surface area contributed by atoms with E-state index in [2.05, 4.69) is 31.8 Å². The van der Waals surface area contributed by atoms with E-state index in [4.69, 9.17) is 9.47 Å². The molecule has 9 nitrogen and oxygen atoms in total. The van der Waals surface area contributed by atoms with Crippen molar-refractivity contribution in [1.82, 2.24) is 10.7 Å². The van der Waals surface area contributed by atoms with E-state index in [0.717, 1.165) is 12.8 Å². The summed E-state index contributed by atoms with van der Waals surface area (Å²) in [5.41, 5.74) is 2.64. The van der Waals surface area contributed by atoms with Gasteiger partial charge in [-0.05, 0) is 46.5 Å². The first-order valence-electron chi connectivity index (χ1n) is 7.24. The summed E-state index contributed by atoms with van der Waals surface area (Å²) in [7, 11) is 1.39. The molecule has 25 heavy (non-hydrogen) atoms. The summed E-state index contributed by atoms with van der Waals surface area (Å²) in [5, 5.41) is 16.7. The minimum atomic E-state index is -1.37. The van der Waals surface area contributed by atoms with Gasteiger partial charge in [0.05, 0.1) is 23.8 Å². The van der Waals surface area contributed by atoms with Crippen LogP contribution in [0.3, 0.4) is 0 Å². The first-order chi connectivity index (χ1) is 11.9. The summed E-state index contributed by atoms with van der Waals surface area (Å²) in [4.78, 5) is 33.5. The van der Waals surface area contributed by atoms with Crippen molar-refractivity contribution in [3.8, 4) is 11.5 Å². The van der Waals surface area contributed by atoms with Crippen molar-refractivity contribution in [2.45, 2.75) is 18.9 Å². The van der Waals surface area contributed by atoms with E-state index in [-0.39, 0.29) is 17.5 Å². The van der Waals surface area contributed by atoms with Gasteiger partial charge in [-0.3, -0.25) is 9.59 Å². The van der Waals surface area contributed by atoms with Crippen LogP contribution in [0.25, 0.3) is 0 Å². The van der Waals surface area contributed by atoms with Crippen LogP contribution in [-0.2, 0) is 14.4 Å². The van der Waals surface area contributed by atoms with Crippen LogP contribution in [0.1, 0.15) is 18.4 Å². The highest BCUT2D eigenvalue weighted by Gasteiger charge is 2.26. The highest BCUT2D eigenvalue weighted by Crippen LogP contribution is 2.36. The summed E-state index contributed by atoms with van der Waals surface area (Å²) < 4.78 is 10.6. The second-order valence-corrected chi connectivity index (χ2v) is 6.00. The number of rotatable bonds is 7. The minimum absolute atomic E-state index is 0.0796. The van der Waals surface area contributed by atoms with Crippen LogP contribution in [-0.4, -0.2) is 43.8 Å². The van der Waals surface area contributed by atoms with Crippen molar-refractivity contribution in [2.75, 3.05) is 13.7 Å². The van der Waals surface area contributed by atoms with E-state index >= 15 is 0 Å². The fourth-order valence-electron chi connectivity index (χ4n) is 1.78. The molecular weight excluding hydrogens is 398 g/mol. The number of halogens is 1. The van der Waals surface area contributed by atoms with E-state index in [1.54, 1.807) is 6.07 Å². The first kappa shape index (κ1) is 18.7. The van der Waals surface area contributed by atoms with Crippen LogP contribution >= 0.6 is 15.9 Å². The molecule has 0 saturated heterocycles. The minimum Gasteiger partial charge on any atom is -0.546 e. The van der Waals surface area contributed by atoms with Gasteiger partial charge in [-0.15, -0.1) is 0 Å². The molecule has 1 aliphatic rings. The van der Waals surface area contributed by atoms with Gasteiger partial charge < -0.3 is 24.7 Å². The Balaban J connectivity index is 2.00. The zero-order valence-corrected chi connectivity index (χ0v) is 14.8. The lowest BCUT2D eigenvalue weighted by atomic mass is 10.2. The number of amides is 2. The number of carbonyl (C=O) groups is 3. The average Bonchev–Trinajstić information content (AvgIpc) is 3.36. The Hall–Kier alpha value is -2.62. The van der Waals surface area contributed by atoms with E-state index in [1.165, 1.54) is 19.4 Å².